The molecule has 3 aromatic carbocycles. The Kier molecular flexibility index (Phi) is 4.57. The van der Waals surface area contributed by atoms with E-state index in [1.165, 1.54) is 12.5 Å². The molecule has 0 heterocycles. The number of benzene rings is 3. The predicted octanol–water partition coefficient (Wildman–Crippen LogP) is 4.00. The van der Waals surface area contributed by atoms with Crippen LogP contribution in [0, 0.1) is 0 Å². The van der Waals surface area contributed by atoms with Crippen molar-refractivity contribution in [1.82, 2.24) is 0 Å². The number of esters is 1. The molecule has 3 heteroatoms. The van der Waals surface area contributed by atoms with Crippen LogP contribution in [0.25, 0.3) is 10.8 Å². The zero-order valence-corrected chi connectivity index (χ0v) is 12.9. The van der Waals surface area contributed by atoms with Gasteiger partial charge < -0.3 is 9.47 Å². The van der Waals surface area contributed by atoms with E-state index in [0.717, 1.165) is 10.9 Å². The Bertz CT molecular complexity index is 796. The minimum atomic E-state index is -0.663. The average molecular weight is 306 g/mol. The van der Waals surface area contributed by atoms with Gasteiger partial charge in [-0.3, -0.25) is 0 Å². The van der Waals surface area contributed by atoms with Crippen LogP contribution in [0.2, 0.25) is 0 Å². The molecule has 0 aliphatic heterocycles. The van der Waals surface area contributed by atoms with Crippen molar-refractivity contribution in [2.45, 2.75) is 12.5 Å². The highest BCUT2D eigenvalue weighted by Gasteiger charge is 2.21. The molecule has 0 saturated heterocycles. The van der Waals surface area contributed by atoms with Crippen molar-refractivity contribution in [3.05, 3.63) is 78.4 Å². The summed E-state index contributed by atoms with van der Waals surface area (Å²) in [5.41, 5.74) is 1.04. The van der Waals surface area contributed by atoms with Gasteiger partial charge >= 0.3 is 5.97 Å². The van der Waals surface area contributed by atoms with Crippen molar-refractivity contribution in [2.24, 2.45) is 0 Å². The number of fused-ring (bicyclic) bond motifs is 1. The quantitative estimate of drug-likeness (QED) is 0.668. The van der Waals surface area contributed by atoms with Gasteiger partial charge in [0.2, 0.25) is 0 Å². The summed E-state index contributed by atoms with van der Waals surface area (Å²) in [6.07, 6.45) is -0.199. The lowest BCUT2D eigenvalue weighted by Gasteiger charge is -2.17. The third kappa shape index (κ3) is 3.69. The molecule has 1 unspecified atom stereocenters. The third-order valence-electron chi connectivity index (χ3n) is 3.72. The van der Waals surface area contributed by atoms with Crippen LogP contribution in [0.4, 0.5) is 0 Å². The molecule has 3 rings (SSSR count). The maximum Gasteiger partial charge on any atom is 0.347 e. The van der Waals surface area contributed by atoms with E-state index in [9.17, 15) is 4.79 Å². The second-order valence-electron chi connectivity index (χ2n) is 5.33. The Balaban J connectivity index is 1.83. The Morgan fingerprint density at radius 2 is 1.61 bits per heavy atom. The maximum atomic E-state index is 12.0. The Morgan fingerprint density at radius 1 is 0.913 bits per heavy atom. The van der Waals surface area contributed by atoms with Crippen LogP contribution in [-0.4, -0.2) is 19.2 Å². The first-order chi connectivity index (χ1) is 11.3. The summed E-state index contributed by atoms with van der Waals surface area (Å²) >= 11 is 0. The molecule has 0 saturated carbocycles. The van der Waals surface area contributed by atoms with Gasteiger partial charge in [0, 0.05) is 6.42 Å². The lowest BCUT2D eigenvalue weighted by molar-refractivity contribution is -0.148. The molecule has 0 aliphatic rings. The molecule has 116 valence electrons. The summed E-state index contributed by atoms with van der Waals surface area (Å²) in [6, 6.07) is 23.6. The normalized spacial score (nSPS) is 11.9. The van der Waals surface area contributed by atoms with Crippen LogP contribution in [0.3, 0.4) is 0 Å². The number of para-hydroxylation sites is 1. The van der Waals surface area contributed by atoms with E-state index < -0.39 is 6.10 Å². The van der Waals surface area contributed by atoms with Gasteiger partial charge in [0.1, 0.15) is 5.75 Å². The molecule has 3 nitrogen and oxygen atoms in total. The van der Waals surface area contributed by atoms with Crippen molar-refractivity contribution >= 4 is 16.7 Å². The fraction of sp³-hybridized carbons (Fsp3) is 0.150. The molecule has 1 atom stereocenters. The second-order valence-corrected chi connectivity index (χ2v) is 5.33. The summed E-state index contributed by atoms with van der Waals surface area (Å²) in [6.45, 7) is 0. The molecule has 3 aromatic rings. The van der Waals surface area contributed by atoms with Crippen LogP contribution >= 0.6 is 0 Å². The highest BCUT2D eigenvalue weighted by atomic mass is 16.6. The number of carbonyl (C=O) groups is 1. The van der Waals surface area contributed by atoms with E-state index in [1.54, 1.807) is 0 Å². The average Bonchev–Trinajstić information content (AvgIpc) is 2.61. The Hall–Kier alpha value is -2.81. The first-order valence-electron chi connectivity index (χ1n) is 7.53. The fourth-order valence-corrected chi connectivity index (χ4v) is 2.55. The van der Waals surface area contributed by atoms with Gasteiger partial charge in [0.15, 0.2) is 6.10 Å². The van der Waals surface area contributed by atoms with E-state index in [1.807, 2.05) is 48.5 Å². The van der Waals surface area contributed by atoms with Crippen LogP contribution in [0.15, 0.2) is 72.8 Å². The summed E-state index contributed by atoms with van der Waals surface area (Å²) in [7, 11) is 1.38. The van der Waals surface area contributed by atoms with Crippen molar-refractivity contribution in [1.29, 1.82) is 0 Å². The fourth-order valence-electron chi connectivity index (χ4n) is 2.55. The van der Waals surface area contributed by atoms with Crippen LogP contribution in [0.5, 0.6) is 5.75 Å². The van der Waals surface area contributed by atoms with E-state index in [0.29, 0.717) is 12.2 Å². The van der Waals surface area contributed by atoms with Gasteiger partial charge in [0.05, 0.1) is 7.11 Å². The molecule has 0 aliphatic carbocycles. The molecule has 0 radical (unpaired) electrons. The first kappa shape index (κ1) is 15.1. The molecular formula is C20H18O3. The monoisotopic (exact) mass is 306 g/mol. The van der Waals surface area contributed by atoms with Gasteiger partial charge in [0.25, 0.3) is 0 Å². The van der Waals surface area contributed by atoms with Gasteiger partial charge in [-0.15, -0.1) is 0 Å². The number of methoxy groups -OCH3 is 1. The highest BCUT2D eigenvalue weighted by Crippen LogP contribution is 2.19. The second kappa shape index (κ2) is 6.97. The van der Waals surface area contributed by atoms with E-state index in [-0.39, 0.29) is 5.97 Å². The summed E-state index contributed by atoms with van der Waals surface area (Å²) in [5, 5.41) is 2.32. The van der Waals surface area contributed by atoms with Crippen molar-refractivity contribution in [2.75, 3.05) is 7.11 Å². The SMILES string of the molecule is COC(=O)C(Cc1ccc2ccccc2c1)Oc1ccccc1. The van der Waals surface area contributed by atoms with Gasteiger partial charge in [-0.2, -0.15) is 0 Å². The molecule has 0 aromatic heterocycles. The standard InChI is InChI=1S/C20H18O3/c1-22-20(21)19(23-18-9-3-2-4-10-18)14-15-11-12-16-7-5-6-8-17(16)13-15/h2-13,19H,14H2,1H3. The predicted molar refractivity (Wildman–Crippen MR) is 90.5 cm³/mol. The Labute approximate surface area is 135 Å². The van der Waals surface area contributed by atoms with Crippen molar-refractivity contribution in [3.8, 4) is 5.75 Å². The zero-order chi connectivity index (χ0) is 16.1. The Morgan fingerprint density at radius 3 is 2.35 bits per heavy atom. The lowest BCUT2D eigenvalue weighted by atomic mass is 10.0. The molecule has 0 fully saturated rings. The number of hydrogen-bond acceptors (Lipinski definition) is 3. The molecule has 23 heavy (non-hydrogen) atoms. The third-order valence-corrected chi connectivity index (χ3v) is 3.72. The van der Waals surface area contributed by atoms with Crippen LogP contribution < -0.4 is 4.74 Å². The molecule has 0 amide bonds. The number of ether oxygens (including phenoxy) is 2. The van der Waals surface area contributed by atoms with Crippen molar-refractivity contribution < 1.29 is 14.3 Å². The van der Waals surface area contributed by atoms with Crippen molar-refractivity contribution in [3.63, 3.8) is 0 Å². The summed E-state index contributed by atoms with van der Waals surface area (Å²) < 4.78 is 10.7. The van der Waals surface area contributed by atoms with Gasteiger partial charge in [-0.1, -0.05) is 60.7 Å². The lowest BCUT2D eigenvalue weighted by Crippen LogP contribution is -2.30. The minimum absolute atomic E-state index is 0.373. The minimum Gasteiger partial charge on any atom is -0.478 e. The van der Waals surface area contributed by atoms with E-state index in [2.05, 4.69) is 24.3 Å². The van der Waals surface area contributed by atoms with E-state index >= 15 is 0 Å². The largest absolute Gasteiger partial charge is 0.478 e. The van der Waals surface area contributed by atoms with E-state index in [4.69, 9.17) is 9.47 Å². The summed E-state index contributed by atoms with van der Waals surface area (Å²) in [4.78, 5) is 12.0. The van der Waals surface area contributed by atoms with Crippen LogP contribution in [0.1, 0.15) is 5.56 Å². The van der Waals surface area contributed by atoms with Crippen LogP contribution in [-0.2, 0) is 16.0 Å². The van der Waals surface area contributed by atoms with Gasteiger partial charge in [-0.05, 0) is 28.5 Å². The molecule has 0 N–H and O–H groups in total. The molecular weight excluding hydrogens is 288 g/mol. The number of rotatable bonds is 5. The number of hydrogen-bond donors (Lipinski definition) is 0. The van der Waals surface area contributed by atoms with Gasteiger partial charge in [-0.25, -0.2) is 4.79 Å². The topological polar surface area (TPSA) is 35.5 Å². The highest BCUT2D eigenvalue weighted by molar-refractivity contribution is 5.83. The molecule has 0 spiro atoms. The molecule has 0 bridgehead atoms. The smallest absolute Gasteiger partial charge is 0.347 e. The maximum absolute atomic E-state index is 12.0. The first-order valence-corrected chi connectivity index (χ1v) is 7.53. The summed E-state index contributed by atoms with van der Waals surface area (Å²) in [5.74, 6) is 0.283. The number of carbonyl (C=O) groups excluding carboxylic acids is 1. The zero-order valence-electron chi connectivity index (χ0n) is 12.9.